The fourth-order valence-corrected chi connectivity index (χ4v) is 3.12. The summed E-state index contributed by atoms with van der Waals surface area (Å²) >= 11 is 0. The van der Waals surface area contributed by atoms with Crippen LogP contribution in [-0.2, 0) is 0 Å². The predicted octanol–water partition coefficient (Wildman–Crippen LogP) is 3.83. The molecule has 0 atom stereocenters. The van der Waals surface area contributed by atoms with E-state index in [0.29, 0.717) is 22.7 Å². The molecule has 0 aliphatic heterocycles. The molecule has 0 aliphatic carbocycles. The van der Waals surface area contributed by atoms with Gasteiger partial charge < -0.3 is 4.90 Å². The SMILES string of the molecule is Cc1cc(N(CC(F)F)c2nc3nnc(C)n3c3cccc(F)c23)ccn1. The van der Waals surface area contributed by atoms with Crippen molar-refractivity contribution in [3.05, 3.63) is 53.9 Å². The van der Waals surface area contributed by atoms with Gasteiger partial charge in [-0.05, 0) is 38.1 Å². The molecule has 9 heteroatoms. The summed E-state index contributed by atoms with van der Waals surface area (Å²) in [6.07, 6.45) is -1.14. The van der Waals surface area contributed by atoms with Crippen molar-refractivity contribution in [2.75, 3.05) is 11.4 Å². The zero-order valence-corrected chi connectivity index (χ0v) is 14.6. The first kappa shape index (κ1) is 17.2. The van der Waals surface area contributed by atoms with Crippen molar-refractivity contribution in [3.63, 3.8) is 0 Å². The molecule has 0 bridgehead atoms. The van der Waals surface area contributed by atoms with Crippen LogP contribution in [0.4, 0.5) is 24.7 Å². The average Bonchev–Trinajstić information content (AvgIpc) is 3.00. The Morgan fingerprint density at radius 1 is 1.15 bits per heavy atom. The number of pyridine rings is 1. The van der Waals surface area contributed by atoms with Gasteiger partial charge in [-0.25, -0.2) is 13.2 Å². The van der Waals surface area contributed by atoms with Gasteiger partial charge in [-0.2, -0.15) is 4.98 Å². The summed E-state index contributed by atoms with van der Waals surface area (Å²) in [4.78, 5) is 9.75. The summed E-state index contributed by atoms with van der Waals surface area (Å²) in [7, 11) is 0. The second-order valence-electron chi connectivity index (χ2n) is 6.11. The van der Waals surface area contributed by atoms with Crippen LogP contribution in [0.25, 0.3) is 16.7 Å². The number of aromatic nitrogens is 5. The number of aryl methyl sites for hydroxylation is 2. The van der Waals surface area contributed by atoms with Crippen LogP contribution in [0.3, 0.4) is 0 Å². The van der Waals surface area contributed by atoms with Gasteiger partial charge in [0.15, 0.2) is 0 Å². The van der Waals surface area contributed by atoms with Crippen LogP contribution < -0.4 is 4.90 Å². The summed E-state index contributed by atoms with van der Waals surface area (Å²) in [5, 5.41) is 8.09. The number of anilines is 2. The minimum atomic E-state index is -2.65. The second kappa shape index (κ2) is 6.49. The molecule has 0 amide bonds. The normalized spacial score (nSPS) is 11.6. The number of hydrogen-bond donors (Lipinski definition) is 0. The van der Waals surface area contributed by atoms with Gasteiger partial charge in [0.2, 0.25) is 0 Å². The first-order valence-corrected chi connectivity index (χ1v) is 8.24. The molecule has 138 valence electrons. The lowest BCUT2D eigenvalue weighted by atomic mass is 10.2. The van der Waals surface area contributed by atoms with Crippen LogP contribution >= 0.6 is 0 Å². The van der Waals surface area contributed by atoms with Crippen molar-refractivity contribution in [1.82, 2.24) is 24.6 Å². The summed E-state index contributed by atoms with van der Waals surface area (Å²) in [5.41, 5.74) is 1.55. The molecule has 3 heterocycles. The minimum absolute atomic E-state index is 0.0638. The molecule has 0 saturated carbocycles. The monoisotopic (exact) mass is 372 g/mol. The summed E-state index contributed by atoms with van der Waals surface area (Å²) in [6.45, 7) is 2.82. The average molecular weight is 372 g/mol. The van der Waals surface area contributed by atoms with Gasteiger partial charge in [0.25, 0.3) is 12.2 Å². The van der Waals surface area contributed by atoms with E-state index in [1.54, 1.807) is 42.5 Å². The molecule has 0 radical (unpaired) electrons. The molecular weight excluding hydrogens is 357 g/mol. The zero-order valence-electron chi connectivity index (χ0n) is 14.6. The molecule has 0 N–H and O–H groups in total. The quantitative estimate of drug-likeness (QED) is 0.545. The van der Waals surface area contributed by atoms with E-state index in [1.165, 1.54) is 17.2 Å². The standard InChI is InChI=1S/C18H15F3N6/c1-10-8-12(6-7-22-10)26(9-15(20)21)17-16-13(19)4-3-5-14(16)27-11(2)24-25-18(27)23-17/h3-8,15H,9H2,1-2H3. The van der Waals surface area contributed by atoms with Crippen LogP contribution in [0.1, 0.15) is 11.5 Å². The van der Waals surface area contributed by atoms with Gasteiger partial charge in [-0.1, -0.05) is 6.07 Å². The summed E-state index contributed by atoms with van der Waals surface area (Å²) in [6, 6.07) is 7.75. The highest BCUT2D eigenvalue weighted by molar-refractivity contribution is 5.94. The van der Waals surface area contributed by atoms with Gasteiger partial charge in [-0.15, -0.1) is 10.2 Å². The van der Waals surface area contributed by atoms with E-state index < -0.39 is 18.8 Å². The van der Waals surface area contributed by atoms with Crippen LogP contribution in [-0.4, -0.2) is 37.5 Å². The molecule has 0 aliphatic rings. The smallest absolute Gasteiger partial charge is 0.257 e. The van der Waals surface area contributed by atoms with E-state index in [-0.39, 0.29) is 17.0 Å². The Morgan fingerprint density at radius 2 is 1.96 bits per heavy atom. The van der Waals surface area contributed by atoms with E-state index >= 15 is 0 Å². The zero-order chi connectivity index (χ0) is 19.1. The number of rotatable bonds is 4. The maximum atomic E-state index is 14.8. The Hall–Kier alpha value is -3.23. The lowest BCUT2D eigenvalue weighted by molar-refractivity contribution is 0.158. The van der Waals surface area contributed by atoms with Crippen LogP contribution in [0, 0.1) is 19.7 Å². The number of hydrogen-bond acceptors (Lipinski definition) is 5. The van der Waals surface area contributed by atoms with Crippen molar-refractivity contribution in [1.29, 1.82) is 0 Å². The van der Waals surface area contributed by atoms with Crippen molar-refractivity contribution in [2.24, 2.45) is 0 Å². The van der Waals surface area contributed by atoms with E-state index in [4.69, 9.17) is 0 Å². The first-order valence-electron chi connectivity index (χ1n) is 8.24. The van der Waals surface area contributed by atoms with E-state index in [1.807, 2.05) is 0 Å². The number of fused-ring (bicyclic) bond motifs is 3. The maximum Gasteiger partial charge on any atom is 0.257 e. The number of nitrogens with zero attached hydrogens (tertiary/aromatic N) is 6. The third kappa shape index (κ3) is 2.94. The Kier molecular flexibility index (Phi) is 4.14. The maximum absolute atomic E-state index is 14.8. The van der Waals surface area contributed by atoms with Gasteiger partial charge >= 0.3 is 0 Å². The van der Waals surface area contributed by atoms with E-state index in [0.717, 1.165) is 0 Å². The van der Waals surface area contributed by atoms with Crippen molar-refractivity contribution >= 4 is 28.2 Å². The highest BCUT2D eigenvalue weighted by Crippen LogP contribution is 2.33. The lowest BCUT2D eigenvalue weighted by Gasteiger charge is -2.25. The molecule has 0 fully saturated rings. The third-order valence-electron chi connectivity index (χ3n) is 4.24. The van der Waals surface area contributed by atoms with Crippen molar-refractivity contribution in [2.45, 2.75) is 20.3 Å². The summed E-state index contributed by atoms with van der Waals surface area (Å²) < 4.78 is 43.1. The predicted molar refractivity (Wildman–Crippen MR) is 95.0 cm³/mol. The van der Waals surface area contributed by atoms with Gasteiger partial charge in [0, 0.05) is 17.6 Å². The largest absolute Gasteiger partial charge is 0.320 e. The number of halogens is 3. The Balaban J connectivity index is 2.07. The fraction of sp³-hybridized carbons (Fsp3) is 0.222. The highest BCUT2D eigenvalue weighted by atomic mass is 19.3. The third-order valence-corrected chi connectivity index (χ3v) is 4.24. The molecular formula is C18H15F3N6. The Labute approximate surface area is 152 Å². The molecule has 4 rings (SSSR count). The van der Waals surface area contributed by atoms with Gasteiger partial charge in [0.1, 0.15) is 17.5 Å². The molecule has 0 unspecified atom stereocenters. The molecule has 0 saturated heterocycles. The molecule has 1 aromatic carbocycles. The lowest BCUT2D eigenvalue weighted by Crippen LogP contribution is -2.25. The fourth-order valence-electron chi connectivity index (χ4n) is 3.12. The second-order valence-corrected chi connectivity index (χ2v) is 6.11. The first-order chi connectivity index (χ1) is 13.0. The van der Waals surface area contributed by atoms with Crippen molar-refractivity contribution in [3.8, 4) is 0 Å². The van der Waals surface area contributed by atoms with Crippen LogP contribution in [0.15, 0.2) is 36.5 Å². The molecule has 6 nitrogen and oxygen atoms in total. The molecule has 0 spiro atoms. The topological polar surface area (TPSA) is 59.2 Å². The molecule has 4 aromatic rings. The Bertz CT molecular complexity index is 1140. The van der Waals surface area contributed by atoms with Gasteiger partial charge in [0.05, 0.1) is 17.4 Å². The minimum Gasteiger partial charge on any atom is -0.320 e. The molecule has 3 aromatic heterocycles. The number of alkyl halides is 2. The van der Waals surface area contributed by atoms with Crippen molar-refractivity contribution < 1.29 is 13.2 Å². The van der Waals surface area contributed by atoms with Crippen LogP contribution in [0.5, 0.6) is 0 Å². The molecule has 27 heavy (non-hydrogen) atoms. The van der Waals surface area contributed by atoms with Crippen LogP contribution in [0.2, 0.25) is 0 Å². The highest BCUT2D eigenvalue weighted by Gasteiger charge is 2.23. The van der Waals surface area contributed by atoms with Gasteiger partial charge in [-0.3, -0.25) is 9.38 Å². The van der Waals surface area contributed by atoms with E-state index in [9.17, 15) is 13.2 Å². The Morgan fingerprint density at radius 3 is 2.70 bits per heavy atom. The number of benzene rings is 1. The summed E-state index contributed by atoms with van der Waals surface area (Å²) in [5.74, 6) is 0.245. The van der Waals surface area contributed by atoms with E-state index in [2.05, 4.69) is 20.2 Å².